The molecule has 0 saturated heterocycles. The van der Waals surface area contributed by atoms with Crippen molar-refractivity contribution in [2.24, 2.45) is 5.10 Å². The molecule has 0 aliphatic heterocycles. The Morgan fingerprint density at radius 3 is 2.50 bits per heavy atom. The van der Waals surface area contributed by atoms with Crippen molar-refractivity contribution in [3.05, 3.63) is 65.2 Å². The summed E-state index contributed by atoms with van der Waals surface area (Å²) in [6.45, 7) is 5.18. The molecule has 26 heavy (non-hydrogen) atoms. The van der Waals surface area contributed by atoms with Crippen LogP contribution in [0.25, 0.3) is 0 Å². The molecule has 2 rings (SSSR count). The lowest BCUT2D eigenvalue weighted by Gasteiger charge is -2.13. The maximum absolute atomic E-state index is 5.79. The van der Waals surface area contributed by atoms with Crippen molar-refractivity contribution in [2.45, 2.75) is 26.5 Å². The monoisotopic (exact) mass is 371 g/mol. The summed E-state index contributed by atoms with van der Waals surface area (Å²) >= 11 is 5.16. The Kier molecular flexibility index (Phi) is 8.05. The van der Waals surface area contributed by atoms with Crippen LogP contribution in [-0.2, 0) is 11.3 Å². The van der Waals surface area contributed by atoms with Crippen molar-refractivity contribution in [2.75, 3.05) is 13.7 Å². The Balaban J connectivity index is 1.77. The molecular weight excluding hydrogens is 346 g/mol. The molecule has 0 fully saturated rings. The van der Waals surface area contributed by atoms with Gasteiger partial charge in [-0.15, -0.1) is 0 Å². The third-order valence-corrected chi connectivity index (χ3v) is 3.79. The van der Waals surface area contributed by atoms with E-state index in [9.17, 15) is 0 Å². The molecule has 2 N–H and O–H groups in total. The molecule has 5 nitrogen and oxygen atoms in total. The summed E-state index contributed by atoms with van der Waals surface area (Å²) in [5.74, 6) is 0.821. The van der Waals surface area contributed by atoms with Gasteiger partial charge in [0.2, 0.25) is 0 Å². The van der Waals surface area contributed by atoms with E-state index in [1.807, 2.05) is 31.2 Å². The minimum absolute atomic E-state index is 0.125. The summed E-state index contributed by atoms with van der Waals surface area (Å²) in [4.78, 5) is 0. The topological polar surface area (TPSA) is 54.9 Å². The van der Waals surface area contributed by atoms with Gasteiger partial charge in [0.05, 0.1) is 12.8 Å². The SMILES string of the molecule is COC[C@@H](C)NC(=S)N/N=C\c1ccc(OCc2ccc(C)cc2)cc1. The van der Waals surface area contributed by atoms with Crippen molar-refractivity contribution >= 4 is 23.5 Å². The van der Waals surface area contributed by atoms with Gasteiger partial charge in [0.25, 0.3) is 0 Å². The fourth-order valence-electron chi connectivity index (χ4n) is 2.21. The van der Waals surface area contributed by atoms with Gasteiger partial charge in [-0.25, -0.2) is 0 Å². The first kappa shape index (κ1) is 19.9. The lowest BCUT2D eigenvalue weighted by Crippen LogP contribution is -2.40. The van der Waals surface area contributed by atoms with Gasteiger partial charge < -0.3 is 14.8 Å². The lowest BCUT2D eigenvalue weighted by molar-refractivity contribution is 0.179. The second kappa shape index (κ2) is 10.5. The normalized spacial score (nSPS) is 12.0. The van der Waals surface area contributed by atoms with E-state index in [0.29, 0.717) is 18.3 Å². The van der Waals surface area contributed by atoms with Gasteiger partial charge >= 0.3 is 0 Å². The fraction of sp³-hybridized carbons (Fsp3) is 0.300. The van der Waals surface area contributed by atoms with Crippen LogP contribution < -0.4 is 15.5 Å². The molecule has 0 aliphatic rings. The van der Waals surface area contributed by atoms with Gasteiger partial charge in [-0.05, 0) is 61.5 Å². The molecule has 0 unspecified atom stereocenters. The molecule has 6 heteroatoms. The van der Waals surface area contributed by atoms with Crippen molar-refractivity contribution < 1.29 is 9.47 Å². The first-order valence-corrected chi connectivity index (χ1v) is 8.84. The van der Waals surface area contributed by atoms with Crippen molar-refractivity contribution in [3.63, 3.8) is 0 Å². The number of benzene rings is 2. The maximum atomic E-state index is 5.79. The zero-order valence-electron chi connectivity index (χ0n) is 15.4. The molecule has 2 aromatic rings. The predicted octanol–water partition coefficient (Wildman–Crippen LogP) is 3.41. The lowest BCUT2D eigenvalue weighted by atomic mass is 10.2. The Labute approximate surface area is 160 Å². The molecule has 0 bridgehead atoms. The van der Waals surface area contributed by atoms with E-state index in [-0.39, 0.29) is 6.04 Å². The number of hydrogen-bond donors (Lipinski definition) is 2. The first-order valence-electron chi connectivity index (χ1n) is 8.43. The molecule has 1 atom stereocenters. The van der Waals surface area contributed by atoms with Crippen LogP contribution in [0.3, 0.4) is 0 Å². The maximum Gasteiger partial charge on any atom is 0.187 e. The van der Waals surface area contributed by atoms with E-state index < -0.39 is 0 Å². The van der Waals surface area contributed by atoms with Crippen LogP contribution in [0, 0.1) is 6.92 Å². The average molecular weight is 372 g/mol. The average Bonchev–Trinajstić information content (AvgIpc) is 2.62. The number of nitrogens with zero attached hydrogens (tertiary/aromatic N) is 1. The van der Waals surface area contributed by atoms with Crippen LogP contribution in [-0.4, -0.2) is 31.1 Å². The third kappa shape index (κ3) is 7.21. The zero-order chi connectivity index (χ0) is 18.8. The smallest absolute Gasteiger partial charge is 0.187 e. The van der Waals surface area contributed by atoms with Gasteiger partial charge in [0.1, 0.15) is 12.4 Å². The van der Waals surface area contributed by atoms with Gasteiger partial charge in [-0.3, -0.25) is 5.43 Å². The standard InChI is InChI=1S/C20H25N3O2S/c1-15-4-6-18(7-5-15)14-25-19-10-8-17(9-11-19)12-21-23-20(26)22-16(2)13-24-3/h4-12,16H,13-14H2,1-3H3,(H2,22,23,26)/b21-12-/t16-/m1/s1. The Bertz CT molecular complexity index is 715. The van der Waals surface area contributed by atoms with Gasteiger partial charge in [-0.1, -0.05) is 29.8 Å². The number of nitrogens with one attached hydrogen (secondary N) is 2. The minimum atomic E-state index is 0.125. The van der Waals surface area contributed by atoms with E-state index in [1.165, 1.54) is 5.56 Å². The molecule has 2 aromatic carbocycles. The Morgan fingerprint density at radius 1 is 1.15 bits per heavy atom. The highest BCUT2D eigenvalue weighted by molar-refractivity contribution is 7.80. The second-order valence-electron chi connectivity index (χ2n) is 6.04. The van der Waals surface area contributed by atoms with Crippen LogP contribution in [0.2, 0.25) is 0 Å². The minimum Gasteiger partial charge on any atom is -0.489 e. The highest BCUT2D eigenvalue weighted by Gasteiger charge is 2.02. The van der Waals surface area contributed by atoms with Crippen LogP contribution in [0.5, 0.6) is 5.75 Å². The van der Waals surface area contributed by atoms with E-state index in [1.54, 1.807) is 13.3 Å². The quantitative estimate of drug-likeness (QED) is 0.423. The fourth-order valence-corrected chi connectivity index (χ4v) is 2.47. The van der Waals surface area contributed by atoms with Crippen LogP contribution in [0.1, 0.15) is 23.6 Å². The molecule has 0 radical (unpaired) electrons. The summed E-state index contributed by atoms with van der Waals surface area (Å²) < 4.78 is 10.8. The summed E-state index contributed by atoms with van der Waals surface area (Å²) in [5, 5.41) is 7.66. The number of rotatable bonds is 8. The number of thiocarbonyl (C=S) groups is 1. The Hall–Kier alpha value is -2.44. The molecule has 0 spiro atoms. The van der Waals surface area contributed by atoms with Crippen molar-refractivity contribution in [1.29, 1.82) is 0 Å². The molecule has 0 aromatic heterocycles. The predicted molar refractivity (Wildman–Crippen MR) is 110 cm³/mol. The van der Waals surface area contributed by atoms with E-state index in [2.05, 4.69) is 47.0 Å². The summed E-state index contributed by atoms with van der Waals surface area (Å²) in [6.07, 6.45) is 1.71. The number of methoxy groups -OCH3 is 1. The second-order valence-corrected chi connectivity index (χ2v) is 6.45. The summed E-state index contributed by atoms with van der Waals surface area (Å²) in [7, 11) is 1.65. The molecule has 0 amide bonds. The van der Waals surface area contributed by atoms with Crippen LogP contribution in [0.4, 0.5) is 0 Å². The Morgan fingerprint density at radius 2 is 1.85 bits per heavy atom. The van der Waals surface area contributed by atoms with E-state index >= 15 is 0 Å². The zero-order valence-corrected chi connectivity index (χ0v) is 16.2. The summed E-state index contributed by atoms with van der Waals surface area (Å²) in [5.41, 5.74) is 6.13. The van der Waals surface area contributed by atoms with Crippen molar-refractivity contribution in [1.82, 2.24) is 10.7 Å². The molecule has 138 valence electrons. The highest BCUT2D eigenvalue weighted by Crippen LogP contribution is 2.14. The van der Waals surface area contributed by atoms with Crippen LogP contribution >= 0.6 is 12.2 Å². The number of ether oxygens (including phenoxy) is 2. The number of aryl methyl sites for hydroxylation is 1. The highest BCUT2D eigenvalue weighted by atomic mass is 32.1. The largest absolute Gasteiger partial charge is 0.489 e. The van der Waals surface area contributed by atoms with Crippen LogP contribution in [0.15, 0.2) is 53.6 Å². The first-order chi connectivity index (χ1) is 12.6. The molecule has 0 saturated carbocycles. The number of hydrogen-bond acceptors (Lipinski definition) is 4. The van der Waals surface area contributed by atoms with E-state index in [0.717, 1.165) is 16.9 Å². The third-order valence-electron chi connectivity index (χ3n) is 3.58. The van der Waals surface area contributed by atoms with Gasteiger partial charge in [-0.2, -0.15) is 5.10 Å². The molecule has 0 heterocycles. The van der Waals surface area contributed by atoms with E-state index in [4.69, 9.17) is 21.7 Å². The molecule has 0 aliphatic carbocycles. The van der Waals surface area contributed by atoms with Gasteiger partial charge in [0, 0.05) is 13.2 Å². The molecular formula is C20H25N3O2S. The summed E-state index contributed by atoms with van der Waals surface area (Å²) in [6, 6.07) is 16.2. The number of hydrazone groups is 1. The van der Waals surface area contributed by atoms with Crippen molar-refractivity contribution in [3.8, 4) is 5.75 Å². The van der Waals surface area contributed by atoms with Gasteiger partial charge in [0.15, 0.2) is 5.11 Å².